The zero-order valence-electron chi connectivity index (χ0n) is 9.68. The first-order valence-corrected chi connectivity index (χ1v) is 8.14. The minimum absolute atomic E-state index is 0.454. The molecule has 1 heterocycles. The Labute approximate surface area is 121 Å². The molecule has 0 aliphatic rings. The summed E-state index contributed by atoms with van der Waals surface area (Å²) in [5.41, 5.74) is 6.38. The number of nitrogens with two attached hydrogens (primary N) is 1. The van der Waals surface area contributed by atoms with Crippen molar-refractivity contribution in [3.05, 3.63) is 39.0 Å². The fraction of sp³-hybridized carbons (Fsp3) is 0.167. The molecule has 0 radical (unpaired) electrons. The van der Waals surface area contributed by atoms with E-state index in [2.05, 4.69) is 15.9 Å². The van der Waals surface area contributed by atoms with Gasteiger partial charge in [0, 0.05) is 15.0 Å². The molecule has 96 valence electrons. The smallest absolute Gasteiger partial charge is 0.120 e. The van der Waals surface area contributed by atoms with Gasteiger partial charge in [-0.1, -0.05) is 0 Å². The molecule has 0 saturated heterocycles. The molecule has 0 bridgehead atoms. The molecule has 3 nitrogen and oxygen atoms in total. The van der Waals surface area contributed by atoms with Crippen LogP contribution in [0.5, 0.6) is 5.75 Å². The minimum Gasteiger partial charge on any atom is -0.497 e. The maximum atomic E-state index is 12.3. The van der Waals surface area contributed by atoms with Gasteiger partial charge in [0.2, 0.25) is 0 Å². The summed E-state index contributed by atoms with van der Waals surface area (Å²) >= 11 is 5.01. The summed E-state index contributed by atoms with van der Waals surface area (Å²) in [6.07, 6.45) is 0. The molecular weight excluding hydrogens is 334 g/mol. The van der Waals surface area contributed by atoms with E-state index in [4.69, 9.17) is 10.5 Å². The standard InChI is InChI=1S/C12H12BrNO2S2/c1-16-8-2-3-10(14)12(6-8)18(15)7-11-9(13)4-5-17-11/h2-6H,7,14H2,1H3. The summed E-state index contributed by atoms with van der Waals surface area (Å²) in [6.45, 7) is 0. The van der Waals surface area contributed by atoms with Crippen molar-refractivity contribution in [3.8, 4) is 5.75 Å². The van der Waals surface area contributed by atoms with Gasteiger partial charge in [0.25, 0.3) is 0 Å². The number of hydrogen-bond acceptors (Lipinski definition) is 4. The van der Waals surface area contributed by atoms with Crippen LogP contribution in [0.1, 0.15) is 4.88 Å². The Morgan fingerprint density at radius 3 is 2.83 bits per heavy atom. The molecule has 0 spiro atoms. The molecular formula is C12H12BrNO2S2. The summed E-state index contributed by atoms with van der Waals surface area (Å²) < 4.78 is 18.4. The molecule has 1 unspecified atom stereocenters. The van der Waals surface area contributed by atoms with E-state index in [-0.39, 0.29) is 0 Å². The van der Waals surface area contributed by atoms with E-state index in [0.29, 0.717) is 22.1 Å². The Bertz CT molecular complexity index is 583. The third kappa shape index (κ3) is 2.93. The molecule has 2 rings (SSSR count). The third-order valence-corrected chi connectivity index (χ3v) is 5.92. The van der Waals surface area contributed by atoms with E-state index < -0.39 is 10.8 Å². The summed E-state index contributed by atoms with van der Waals surface area (Å²) in [4.78, 5) is 1.67. The van der Waals surface area contributed by atoms with Crippen LogP contribution in [0.25, 0.3) is 0 Å². The zero-order chi connectivity index (χ0) is 13.1. The Balaban J connectivity index is 2.26. The molecule has 0 aliphatic carbocycles. The maximum absolute atomic E-state index is 12.3. The second-order valence-corrected chi connectivity index (χ2v) is 6.86. The van der Waals surface area contributed by atoms with E-state index >= 15 is 0 Å². The van der Waals surface area contributed by atoms with Gasteiger partial charge in [0.05, 0.1) is 28.6 Å². The second kappa shape index (κ2) is 5.86. The number of halogens is 1. The number of thiophene rings is 1. The first kappa shape index (κ1) is 13.6. The van der Waals surface area contributed by atoms with Crippen molar-refractivity contribution in [2.24, 2.45) is 0 Å². The summed E-state index contributed by atoms with van der Waals surface area (Å²) in [5, 5.41) is 1.96. The zero-order valence-corrected chi connectivity index (χ0v) is 12.9. The van der Waals surface area contributed by atoms with Crippen LogP contribution in [0.4, 0.5) is 5.69 Å². The number of rotatable bonds is 4. The molecule has 6 heteroatoms. The van der Waals surface area contributed by atoms with E-state index in [1.54, 1.807) is 36.6 Å². The van der Waals surface area contributed by atoms with Crippen LogP contribution in [0, 0.1) is 0 Å². The molecule has 2 N–H and O–H groups in total. The first-order valence-electron chi connectivity index (χ1n) is 5.15. The predicted octanol–water partition coefficient (Wildman–Crippen LogP) is 3.41. The number of hydrogen-bond donors (Lipinski definition) is 1. The van der Waals surface area contributed by atoms with Crippen LogP contribution in [-0.2, 0) is 16.6 Å². The number of benzene rings is 1. The highest BCUT2D eigenvalue weighted by Gasteiger charge is 2.12. The highest BCUT2D eigenvalue weighted by atomic mass is 79.9. The maximum Gasteiger partial charge on any atom is 0.120 e. The summed E-state index contributed by atoms with van der Waals surface area (Å²) in [7, 11) is 0.406. The lowest BCUT2D eigenvalue weighted by Gasteiger charge is -2.07. The normalized spacial score (nSPS) is 12.3. The first-order chi connectivity index (χ1) is 8.61. The van der Waals surface area contributed by atoms with Gasteiger partial charge in [-0.2, -0.15) is 0 Å². The van der Waals surface area contributed by atoms with Crippen molar-refractivity contribution in [2.75, 3.05) is 12.8 Å². The molecule has 18 heavy (non-hydrogen) atoms. The quantitative estimate of drug-likeness (QED) is 0.864. The topological polar surface area (TPSA) is 52.3 Å². The second-order valence-electron chi connectivity index (χ2n) is 3.59. The Kier molecular flexibility index (Phi) is 4.42. The van der Waals surface area contributed by atoms with E-state index in [1.807, 2.05) is 11.4 Å². The Morgan fingerprint density at radius 2 is 2.22 bits per heavy atom. The van der Waals surface area contributed by atoms with Gasteiger partial charge in [0.15, 0.2) is 0 Å². The lowest BCUT2D eigenvalue weighted by Crippen LogP contribution is -2.01. The van der Waals surface area contributed by atoms with Crippen molar-refractivity contribution >= 4 is 43.8 Å². The average Bonchev–Trinajstić information content (AvgIpc) is 2.75. The largest absolute Gasteiger partial charge is 0.497 e. The van der Waals surface area contributed by atoms with E-state index in [1.165, 1.54) is 0 Å². The van der Waals surface area contributed by atoms with Crippen molar-refractivity contribution in [1.29, 1.82) is 0 Å². The monoisotopic (exact) mass is 345 g/mol. The molecule has 0 amide bonds. The lowest BCUT2D eigenvalue weighted by atomic mass is 10.3. The number of nitrogen functional groups attached to an aromatic ring is 1. The fourth-order valence-electron chi connectivity index (χ4n) is 1.46. The van der Waals surface area contributed by atoms with Crippen LogP contribution < -0.4 is 10.5 Å². The van der Waals surface area contributed by atoms with Crippen molar-refractivity contribution in [3.63, 3.8) is 0 Å². The third-order valence-electron chi connectivity index (χ3n) is 2.42. The van der Waals surface area contributed by atoms with Gasteiger partial charge in [-0.3, -0.25) is 4.21 Å². The van der Waals surface area contributed by atoms with Gasteiger partial charge in [-0.25, -0.2) is 0 Å². The SMILES string of the molecule is COc1ccc(N)c(S(=O)Cc2sccc2Br)c1. The fourth-order valence-corrected chi connectivity index (χ4v) is 4.65. The van der Waals surface area contributed by atoms with Gasteiger partial charge in [-0.05, 0) is 45.6 Å². The van der Waals surface area contributed by atoms with E-state index in [9.17, 15) is 4.21 Å². The van der Waals surface area contributed by atoms with Crippen LogP contribution in [0.3, 0.4) is 0 Å². The Hall–Kier alpha value is -0.850. The van der Waals surface area contributed by atoms with Crippen molar-refractivity contribution < 1.29 is 8.95 Å². The van der Waals surface area contributed by atoms with Gasteiger partial charge in [0.1, 0.15) is 5.75 Å². The Morgan fingerprint density at radius 1 is 1.44 bits per heavy atom. The van der Waals surface area contributed by atoms with Crippen LogP contribution in [-0.4, -0.2) is 11.3 Å². The average molecular weight is 346 g/mol. The molecule has 0 aliphatic heterocycles. The summed E-state index contributed by atoms with van der Waals surface area (Å²) in [6, 6.07) is 7.16. The predicted molar refractivity (Wildman–Crippen MR) is 79.5 cm³/mol. The van der Waals surface area contributed by atoms with Gasteiger partial charge >= 0.3 is 0 Å². The minimum atomic E-state index is -1.17. The number of methoxy groups -OCH3 is 1. The summed E-state index contributed by atoms with van der Waals surface area (Å²) in [5.74, 6) is 1.12. The molecule has 1 atom stereocenters. The molecule has 0 saturated carbocycles. The van der Waals surface area contributed by atoms with Crippen LogP contribution in [0.2, 0.25) is 0 Å². The van der Waals surface area contributed by atoms with Crippen molar-refractivity contribution in [1.82, 2.24) is 0 Å². The molecule has 2 aromatic rings. The van der Waals surface area contributed by atoms with E-state index in [0.717, 1.165) is 9.35 Å². The number of anilines is 1. The van der Waals surface area contributed by atoms with Crippen LogP contribution in [0.15, 0.2) is 39.0 Å². The molecule has 0 fully saturated rings. The van der Waals surface area contributed by atoms with Gasteiger partial charge in [-0.15, -0.1) is 11.3 Å². The highest BCUT2D eigenvalue weighted by Crippen LogP contribution is 2.29. The van der Waals surface area contributed by atoms with Crippen molar-refractivity contribution in [2.45, 2.75) is 10.6 Å². The number of ether oxygens (including phenoxy) is 1. The van der Waals surface area contributed by atoms with Crippen LogP contribution >= 0.6 is 27.3 Å². The molecule has 1 aromatic heterocycles. The molecule has 1 aromatic carbocycles. The lowest BCUT2D eigenvalue weighted by molar-refractivity contribution is 0.413. The highest BCUT2D eigenvalue weighted by molar-refractivity contribution is 9.10. The van der Waals surface area contributed by atoms with Gasteiger partial charge < -0.3 is 10.5 Å².